The second-order valence-electron chi connectivity index (χ2n) is 6.03. The van der Waals surface area contributed by atoms with Crippen molar-refractivity contribution in [1.82, 2.24) is 0 Å². The fourth-order valence-corrected chi connectivity index (χ4v) is 3.80. The fraction of sp³-hybridized carbons (Fsp3) is 0.474. The lowest BCUT2D eigenvalue weighted by molar-refractivity contribution is -0.171. The van der Waals surface area contributed by atoms with E-state index in [1.165, 1.54) is 14.2 Å². The Kier molecular flexibility index (Phi) is 5.24. The second kappa shape index (κ2) is 6.99. The molecule has 1 aliphatic carbocycles. The normalized spacial score (nSPS) is 19.6. The van der Waals surface area contributed by atoms with Crippen LogP contribution in [0.2, 0.25) is 0 Å². The molecule has 0 saturated heterocycles. The summed E-state index contributed by atoms with van der Waals surface area (Å²) in [6, 6.07) is 9.93. The molecule has 0 heterocycles. The maximum Gasteiger partial charge on any atom is 0.324 e. The summed E-state index contributed by atoms with van der Waals surface area (Å²) in [4.78, 5) is 25.2. The van der Waals surface area contributed by atoms with E-state index < -0.39 is 17.4 Å². The number of carbonyl (C=O) groups is 2. The van der Waals surface area contributed by atoms with Crippen LogP contribution in [0.15, 0.2) is 35.9 Å². The molecule has 1 unspecified atom stereocenters. The molecule has 0 amide bonds. The van der Waals surface area contributed by atoms with Gasteiger partial charge in [0.05, 0.1) is 14.2 Å². The highest BCUT2D eigenvalue weighted by Crippen LogP contribution is 2.54. The van der Waals surface area contributed by atoms with E-state index in [1.54, 1.807) is 0 Å². The number of benzene rings is 1. The maximum atomic E-state index is 12.6. The van der Waals surface area contributed by atoms with Crippen molar-refractivity contribution >= 4 is 17.5 Å². The molecule has 23 heavy (non-hydrogen) atoms. The minimum absolute atomic E-state index is 0.227. The van der Waals surface area contributed by atoms with Gasteiger partial charge in [0.1, 0.15) is 0 Å². The molecule has 0 aliphatic heterocycles. The minimum atomic E-state index is -1.27. The smallest absolute Gasteiger partial charge is 0.324 e. The number of ether oxygens (including phenoxy) is 2. The molecule has 0 spiro atoms. The molecule has 124 valence electrons. The Morgan fingerprint density at radius 3 is 2.17 bits per heavy atom. The predicted octanol–water partition coefficient (Wildman–Crippen LogP) is 3.61. The van der Waals surface area contributed by atoms with Gasteiger partial charge in [-0.1, -0.05) is 49.2 Å². The summed E-state index contributed by atoms with van der Waals surface area (Å²) in [5.74, 6) is -1.24. The van der Waals surface area contributed by atoms with Gasteiger partial charge in [-0.05, 0) is 30.9 Å². The van der Waals surface area contributed by atoms with Crippen molar-refractivity contribution in [3.8, 4) is 0 Å². The molecular weight excluding hydrogens is 292 g/mol. The van der Waals surface area contributed by atoms with Gasteiger partial charge >= 0.3 is 11.9 Å². The SMILES string of the molecule is CCCC1C(c2ccccc2)=C(C)CC1(C(=O)OC)C(=O)OC. The van der Waals surface area contributed by atoms with Crippen LogP contribution in [0.1, 0.15) is 38.7 Å². The maximum absolute atomic E-state index is 12.6. The number of esters is 2. The first-order valence-corrected chi connectivity index (χ1v) is 7.94. The van der Waals surface area contributed by atoms with Gasteiger partial charge in [-0.15, -0.1) is 0 Å². The lowest BCUT2D eigenvalue weighted by Gasteiger charge is -2.31. The number of hydrogen-bond donors (Lipinski definition) is 0. The van der Waals surface area contributed by atoms with Crippen LogP contribution in [0.4, 0.5) is 0 Å². The molecule has 0 N–H and O–H groups in total. The van der Waals surface area contributed by atoms with Crippen molar-refractivity contribution < 1.29 is 19.1 Å². The van der Waals surface area contributed by atoms with Gasteiger partial charge in [0, 0.05) is 5.92 Å². The molecule has 0 fully saturated rings. The van der Waals surface area contributed by atoms with Crippen LogP contribution in [0.3, 0.4) is 0 Å². The van der Waals surface area contributed by atoms with E-state index in [0.29, 0.717) is 6.42 Å². The van der Waals surface area contributed by atoms with Gasteiger partial charge in [0.15, 0.2) is 5.41 Å². The van der Waals surface area contributed by atoms with E-state index in [4.69, 9.17) is 9.47 Å². The van der Waals surface area contributed by atoms with Crippen LogP contribution in [0, 0.1) is 11.3 Å². The van der Waals surface area contributed by atoms with E-state index in [0.717, 1.165) is 29.6 Å². The molecule has 1 aromatic rings. The molecule has 2 rings (SSSR count). The highest BCUT2D eigenvalue weighted by molar-refractivity contribution is 6.04. The third kappa shape index (κ3) is 2.78. The first-order valence-electron chi connectivity index (χ1n) is 7.94. The van der Waals surface area contributed by atoms with Crippen LogP contribution in [-0.4, -0.2) is 26.2 Å². The van der Waals surface area contributed by atoms with Gasteiger partial charge in [0.2, 0.25) is 0 Å². The summed E-state index contributed by atoms with van der Waals surface area (Å²) in [6.45, 7) is 4.04. The molecule has 4 nitrogen and oxygen atoms in total. The molecule has 0 saturated carbocycles. The summed E-state index contributed by atoms with van der Waals surface area (Å²) in [5.41, 5.74) is 1.90. The van der Waals surface area contributed by atoms with Crippen molar-refractivity contribution in [2.75, 3.05) is 14.2 Å². The fourth-order valence-electron chi connectivity index (χ4n) is 3.80. The first-order chi connectivity index (χ1) is 11.0. The molecule has 0 aromatic heterocycles. The Morgan fingerprint density at radius 2 is 1.70 bits per heavy atom. The van der Waals surface area contributed by atoms with Crippen molar-refractivity contribution in [2.45, 2.75) is 33.1 Å². The van der Waals surface area contributed by atoms with E-state index in [-0.39, 0.29) is 5.92 Å². The third-order valence-electron chi connectivity index (χ3n) is 4.71. The molecule has 1 atom stereocenters. The third-order valence-corrected chi connectivity index (χ3v) is 4.71. The highest BCUT2D eigenvalue weighted by atomic mass is 16.5. The van der Waals surface area contributed by atoms with Crippen LogP contribution in [0.25, 0.3) is 5.57 Å². The minimum Gasteiger partial charge on any atom is -0.468 e. The molecule has 0 bridgehead atoms. The first kappa shape index (κ1) is 17.3. The van der Waals surface area contributed by atoms with Gasteiger partial charge in [-0.3, -0.25) is 9.59 Å². The summed E-state index contributed by atoms with van der Waals surface area (Å²) >= 11 is 0. The quantitative estimate of drug-likeness (QED) is 0.615. The topological polar surface area (TPSA) is 52.6 Å². The van der Waals surface area contributed by atoms with E-state index in [1.807, 2.05) is 37.3 Å². The monoisotopic (exact) mass is 316 g/mol. The number of hydrogen-bond acceptors (Lipinski definition) is 4. The van der Waals surface area contributed by atoms with Crippen molar-refractivity contribution in [3.63, 3.8) is 0 Å². The Balaban J connectivity index is 2.59. The van der Waals surface area contributed by atoms with Gasteiger partial charge < -0.3 is 9.47 Å². The van der Waals surface area contributed by atoms with E-state index >= 15 is 0 Å². The summed E-state index contributed by atoms with van der Waals surface area (Å²) < 4.78 is 10.0. The van der Waals surface area contributed by atoms with Crippen molar-refractivity contribution in [2.24, 2.45) is 11.3 Å². The molecule has 0 radical (unpaired) electrons. The van der Waals surface area contributed by atoms with Crippen molar-refractivity contribution in [1.29, 1.82) is 0 Å². The Bertz CT molecular complexity index is 600. The molecular formula is C19H24O4. The van der Waals surface area contributed by atoms with Crippen molar-refractivity contribution in [3.05, 3.63) is 41.5 Å². The number of allylic oxidation sites excluding steroid dienone is 2. The zero-order chi connectivity index (χ0) is 17.0. The lowest BCUT2D eigenvalue weighted by Crippen LogP contribution is -2.45. The zero-order valence-corrected chi connectivity index (χ0v) is 14.2. The predicted molar refractivity (Wildman–Crippen MR) is 88.5 cm³/mol. The molecule has 4 heteroatoms. The Morgan fingerprint density at radius 1 is 1.13 bits per heavy atom. The molecule has 1 aliphatic rings. The van der Waals surface area contributed by atoms with Gasteiger partial charge in [-0.2, -0.15) is 0 Å². The van der Waals surface area contributed by atoms with Crippen LogP contribution >= 0.6 is 0 Å². The van der Waals surface area contributed by atoms with Crippen LogP contribution in [-0.2, 0) is 19.1 Å². The average molecular weight is 316 g/mol. The van der Waals surface area contributed by atoms with Gasteiger partial charge in [0.25, 0.3) is 0 Å². The Hall–Kier alpha value is -2.10. The van der Waals surface area contributed by atoms with Crippen LogP contribution in [0.5, 0.6) is 0 Å². The Labute approximate surface area is 137 Å². The highest BCUT2D eigenvalue weighted by Gasteiger charge is 2.59. The standard InChI is InChI=1S/C19H24O4/c1-5-9-15-16(14-10-7-6-8-11-14)13(2)12-19(15,17(20)22-3)18(21)23-4/h6-8,10-11,15H,5,9,12H2,1-4H3. The summed E-state index contributed by atoms with van der Waals surface area (Å²) in [5, 5.41) is 0. The van der Waals surface area contributed by atoms with Crippen LogP contribution < -0.4 is 0 Å². The second-order valence-corrected chi connectivity index (χ2v) is 6.03. The van der Waals surface area contributed by atoms with Gasteiger partial charge in [-0.25, -0.2) is 0 Å². The zero-order valence-electron chi connectivity index (χ0n) is 14.2. The largest absolute Gasteiger partial charge is 0.468 e. The summed E-state index contributed by atoms with van der Waals surface area (Å²) in [7, 11) is 2.65. The summed E-state index contributed by atoms with van der Waals surface area (Å²) in [6.07, 6.45) is 1.94. The average Bonchev–Trinajstić information content (AvgIpc) is 2.88. The lowest BCUT2D eigenvalue weighted by atomic mass is 9.71. The number of methoxy groups -OCH3 is 2. The number of carbonyl (C=O) groups excluding carboxylic acids is 2. The number of rotatable bonds is 5. The molecule has 1 aromatic carbocycles. The van der Waals surface area contributed by atoms with E-state index in [9.17, 15) is 9.59 Å². The van der Waals surface area contributed by atoms with E-state index in [2.05, 4.69) is 6.92 Å².